The molecule has 1 aromatic carbocycles. The van der Waals surface area contributed by atoms with Gasteiger partial charge in [0.1, 0.15) is 5.69 Å². The van der Waals surface area contributed by atoms with Crippen LogP contribution in [-0.2, 0) is 16.1 Å². The number of hydrogen-bond acceptors (Lipinski definition) is 5. The Hall–Kier alpha value is -3.65. The highest BCUT2D eigenvalue weighted by Gasteiger charge is 2.38. The highest BCUT2D eigenvalue weighted by atomic mass is 16.5. The molecule has 2 saturated carbocycles. The number of aryl methyl sites for hydroxylation is 1. The third-order valence-corrected chi connectivity index (χ3v) is 9.31. The fourth-order valence-corrected chi connectivity index (χ4v) is 6.72. The zero-order valence-electron chi connectivity index (χ0n) is 23.2. The van der Waals surface area contributed by atoms with E-state index in [1.54, 1.807) is 16.8 Å². The fraction of sp³-hybridized carbons (Fsp3) is 0.469. The van der Waals surface area contributed by atoms with Gasteiger partial charge < -0.3 is 19.3 Å². The molecule has 2 aliphatic carbocycles. The standard InChI is InChI=1S/C32H36N4O4/c1-19-27-13-10-23(32(39)40-2)18-36(27)33-29(19)28-14-22-4-3-5-26(30(22)35(28)15-20-6-7-20)24-16-34(17-24)31(38)21-8-11-25(37)12-9-21/h3-5,10,13-14,18,20-21,24-25,37H,6-9,11-12,15-17H2,1-2H3/t21-,25-. The van der Waals surface area contributed by atoms with Crippen LogP contribution in [0.1, 0.15) is 65.9 Å². The molecule has 0 unspecified atom stereocenters. The number of pyridine rings is 1. The van der Waals surface area contributed by atoms with Crippen molar-refractivity contribution in [2.75, 3.05) is 20.2 Å². The van der Waals surface area contributed by atoms with Gasteiger partial charge in [-0.15, -0.1) is 0 Å². The molecule has 8 heteroatoms. The zero-order chi connectivity index (χ0) is 27.5. The first-order valence-corrected chi connectivity index (χ1v) is 14.6. The summed E-state index contributed by atoms with van der Waals surface area (Å²) in [6.45, 7) is 4.56. The van der Waals surface area contributed by atoms with Crippen LogP contribution in [0.4, 0.5) is 0 Å². The van der Waals surface area contributed by atoms with E-state index in [-0.39, 0.29) is 23.9 Å². The van der Waals surface area contributed by atoms with Crippen LogP contribution < -0.4 is 0 Å². The molecule has 0 atom stereocenters. The third-order valence-electron chi connectivity index (χ3n) is 9.31. The molecule has 40 heavy (non-hydrogen) atoms. The van der Waals surface area contributed by atoms with Gasteiger partial charge in [0.25, 0.3) is 0 Å². The predicted octanol–water partition coefficient (Wildman–Crippen LogP) is 4.94. The van der Waals surface area contributed by atoms with Gasteiger partial charge in [-0.2, -0.15) is 5.10 Å². The number of likely N-dealkylation sites (tertiary alicyclic amines) is 1. The van der Waals surface area contributed by atoms with Gasteiger partial charge in [0.15, 0.2) is 0 Å². The summed E-state index contributed by atoms with van der Waals surface area (Å²) >= 11 is 0. The van der Waals surface area contributed by atoms with Crippen molar-refractivity contribution in [3.05, 3.63) is 59.3 Å². The Bertz CT molecular complexity index is 1620. The molecule has 0 bridgehead atoms. The summed E-state index contributed by atoms with van der Waals surface area (Å²) in [5.74, 6) is 0.927. The summed E-state index contributed by atoms with van der Waals surface area (Å²) < 4.78 is 9.16. The summed E-state index contributed by atoms with van der Waals surface area (Å²) in [4.78, 5) is 27.3. The Morgan fingerprint density at radius 3 is 2.55 bits per heavy atom. The number of amides is 1. The number of aliphatic hydroxyl groups is 1. The van der Waals surface area contributed by atoms with Gasteiger partial charge in [-0.05, 0) is 75.1 Å². The minimum Gasteiger partial charge on any atom is -0.465 e. The zero-order valence-corrected chi connectivity index (χ0v) is 23.2. The average molecular weight is 541 g/mol. The largest absolute Gasteiger partial charge is 0.465 e. The smallest absolute Gasteiger partial charge is 0.339 e. The van der Waals surface area contributed by atoms with Crippen LogP contribution in [0.2, 0.25) is 0 Å². The third kappa shape index (κ3) is 4.29. The molecule has 4 heterocycles. The number of aromatic nitrogens is 3. The quantitative estimate of drug-likeness (QED) is 0.350. The van der Waals surface area contributed by atoms with Crippen molar-refractivity contribution in [1.82, 2.24) is 19.1 Å². The Morgan fingerprint density at radius 2 is 1.82 bits per heavy atom. The van der Waals surface area contributed by atoms with Crippen LogP contribution >= 0.6 is 0 Å². The lowest BCUT2D eigenvalue weighted by Crippen LogP contribution is -2.51. The number of carbonyl (C=O) groups excluding carboxylic acids is 2. The average Bonchev–Trinajstić information content (AvgIpc) is 3.60. The number of fused-ring (bicyclic) bond motifs is 2. The fourth-order valence-electron chi connectivity index (χ4n) is 6.72. The van der Waals surface area contributed by atoms with Crippen LogP contribution in [0, 0.1) is 18.8 Å². The van der Waals surface area contributed by atoms with Gasteiger partial charge in [0, 0.05) is 48.6 Å². The van der Waals surface area contributed by atoms with Gasteiger partial charge in [-0.25, -0.2) is 9.31 Å². The number of nitrogens with zero attached hydrogens (tertiary/aromatic N) is 4. The minimum absolute atomic E-state index is 0.0585. The predicted molar refractivity (Wildman–Crippen MR) is 152 cm³/mol. The van der Waals surface area contributed by atoms with Crippen molar-refractivity contribution in [3.8, 4) is 11.4 Å². The van der Waals surface area contributed by atoms with Gasteiger partial charge in [-0.3, -0.25) is 4.79 Å². The van der Waals surface area contributed by atoms with Crippen molar-refractivity contribution in [1.29, 1.82) is 0 Å². The molecular weight excluding hydrogens is 504 g/mol. The maximum absolute atomic E-state index is 13.1. The Labute approximate surface area is 233 Å². The maximum atomic E-state index is 13.1. The normalized spacial score (nSPS) is 21.6. The molecule has 8 nitrogen and oxygen atoms in total. The minimum atomic E-state index is -0.377. The Morgan fingerprint density at radius 1 is 1.05 bits per heavy atom. The van der Waals surface area contributed by atoms with Crippen LogP contribution in [0.3, 0.4) is 0 Å². The highest BCUT2D eigenvalue weighted by Crippen LogP contribution is 2.41. The van der Waals surface area contributed by atoms with Crippen LogP contribution in [0.15, 0.2) is 42.6 Å². The number of ether oxygens (including phenoxy) is 1. The summed E-state index contributed by atoms with van der Waals surface area (Å²) in [7, 11) is 1.39. The molecule has 7 rings (SSSR count). The van der Waals surface area contributed by atoms with Gasteiger partial charge >= 0.3 is 5.97 Å². The monoisotopic (exact) mass is 540 g/mol. The second-order valence-electron chi connectivity index (χ2n) is 12.0. The van der Waals surface area contributed by atoms with Crippen LogP contribution in [-0.4, -0.2) is 62.4 Å². The number of para-hydroxylation sites is 1. The topological polar surface area (TPSA) is 89.1 Å². The highest BCUT2D eigenvalue weighted by molar-refractivity contribution is 5.92. The van der Waals surface area contributed by atoms with Gasteiger partial charge in [0.05, 0.1) is 35.5 Å². The molecule has 1 aliphatic heterocycles. The maximum Gasteiger partial charge on any atom is 0.339 e. The van der Waals surface area contributed by atoms with E-state index in [0.717, 1.165) is 67.8 Å². The van der Waals surface area contributed by atoms with Gasteiger partial charge in [0.2, 0.25) is 5.91 Å². The van der Waals surface area contributed by atoms with Crippen molar-refractivity contribution in [2.24, 2.45) is 11.8 Å². The number of benzene rings is 1. The van der Waals surface area contributed by atoms with Crippen LogP contribution in [0.5, 0.6) is 0 Å². The van der Waals surface area contributed by atoms with E-state index in [4.69, 9.17) is 9.84 Å². The van der Waals surface area contributed by atoms with Crippen molar-refractivity contribution in [2.45, 2.75) is 64.0 Å². The lowest BCUT2D eigenvalue weighted by molar-refractivity contribution is -0.141. The second kappa shape index (κ2) is 9.77. The SMILES string of the molecule is COC(=O)c1ccc2c(C)c(-c3cc4cccc(C5CN(C(=O)[C@H]6CC[C@H](O)CC6)C5)c4n3CC3CC3)nn2c1. The van der Waals surface area contributed by atoms with E-state index in [1.165, 1.54) is 36.4 Å². The molecule has 4 aromatic rings. The Kier molecular flexibility index (Phi) is 6.18. The van der Waals surface area contributed by atoms with E-state index in [0.29, 0.717) is 17.4 Å². The lowest BCUT2D eigenvalue weighted by Gasteiger charge is -2.42. The molecule has 1 amide bonds. The first-order chi connectivity index (χ1) is 19.4. The van der Waals surface area contributed by atoms with E-state index < -0.39 is 0 Å². The first-order valence-electron chi connectivity index (χ1n) is 14.6. The number of carbonyl (C=O) groups is 2. The number of aliphatic hydroxyl groups excluding tert-OH is 1. The molecule has 3 fully saturated rings. The summed E-state index contributed by atoms with van der Waals surface area (Å²) in [6, 6.07) is 12.5. The van der Waals surface area contributed by atoms with E-state index in [2.05, 4.69) is 35.8 Å². The van der Waals surface area contributed by atoms with Gasteiger partial charge in [-0.1, -0.05) is 18.2 Å². The number of esters is 1. The van der Waals surface area contributed by atoms with Crippen molar-refractivity contribution >= 4 is 28.3 Å². The lowest BCUT2D eigenvalue weighted by atomic mass is 9.83. The molecule has 3 aromatic heterocycles. The number of rotatable bonds is 6. The molecule has 3 aliphatic rings. The molecule has 1 N–H and O–H groups in total. The van der Waals surface area contributed by atoms with E-state index in [9.17, 15) is 14.7 Å². The number of methoxy groups -OCH3 is 1. The molecular formula is C32H36N4O4. The van der Waals surface area contributed by atoms with Crippen molar-refractivity contribution in [3.63, 3.8) is 0 Å². The molecule has 1 saturated heterocycles. The first kappa shape index (κ1) is 25.3. The van der Waals surface area contributed by atoms with E-state index >= 15 is 0 Å². The van der Waals surface area contributed by atoms with Crippen molar-refractivity contribution < 1.29 is 19.4 Å². The Balaban J connectivity index is 1.24. The number of hydrogen-bond donors (Lipinski definition) is 1. The molecule has 208 valence electrons. The molecule has 0 radical (unpaired) electrons. The summed E-state index contributed by atoms with van der Waals surface area (Å²) in [6.07, 6.45) is 7.04. The summed E-state index contributed by atoms with van der Waals surface area (Å²) in [5.41, 5.74) is 7.11. The summed E-state index contributed by atoms with van der Waals surface area (Å²) in [5, 5.41) is 16.0. The molecule has 0 spiro atoms. The van der Waals surface area contributed by atoms with E-state index in [1.807, 2.05) is 11.0 Å². The second-order valence-corrected chi connectivity index (χ2v) is 12.0. The van der Waals surface area contributed by atoms with Crippen LogP contribution in [0.25, 0.3) is 27.8 Å².